The Balaban J connectivity index is 1.64. The van der Waals surface area contributed by atoms with Gasteiger partial charge in [-0.05, 0) is 31.4 Å². The predicted octanol–water partition coefficient (Wildman–Crippen LogP) is 2.95. The SMILES string of the molecule is CCNC(=NCC1(c2ccccc2)CCCC1)NCCn1cccn1. The van der Waals surface area contributed by atoms with Gasteiger partial charge >= 0.3 is 0 Å². The van der Waals surface area contributed by atoms with E-state index in [1.165, 1.54) is 31.2 Å². The lowest BCUT2D eigenvalue weighted by atomic mass is 9.79. The van der Waals surface area contributed by atoms with Crippen molar-refractivity contribution in [3.05, 3.63) is 54.4 Å². The molecule has 2 aromatic rings. The Bertz CT molecular complexity index is 642. The number of nitrogens with one attached hydrogen (secondary N) is 2. The minimum atomic E-state index is 0.200. The first-order valence-corrected chi connectivity index (χ1v) is 9.37. The van der Waals surface area contributed by atoms with E-state index in [1.807, 2.05) is 23.1 Å². The molecule has 0 saturated heterocycles. The first-order valence-electron chi connectivity index (χ1n) is 9.37. The summed E-state index contributed by atoms with van der Waals surface area (Å²) in [6, 6.07) is 12.9. The molecule has 3 rings (SSSR count). The van der Waals surface area contributed by atoms with Crippen LogP contribution >= 0.6 is 0 Å². The van der Waals surface area contributed by atoms with E-state index in [2.05, 4.69) is 53.0 Å². The Morgan fingerprint density at radius 3 is 2.64 bits per heavy atom. The fraction of sp³-hybridized carbons (Fsp3) is 0.500. The number of hydrogen-bond acceptors (Lipinski definition) is 2. The summed E-state index contributed by atoms with van der Waals surface area (Å²) in [6.45, 7) is 5.46. The molecule has 1 aliphatic rings. The molecule has 5 heteroatoms. The fourth-order valence-corrected chi connectivity index (χ4v) is 3.68. The van der Waals surface area contributed by atoms with Gasteiger partial charge in [-0.15, -0.1) is 0 Å². The van der Waals surface area contributed by atoms with Crippen LogP contribution in [0.4, 0.5) is 0 Å². The van der Waals surface area contributed by atoms with Crippen molar-refractivity contribution in [1.29, 1.82) is 0 Å². The minimum Gasteiger partial charge on any atom is -0.357 e. The highest BCUT2D eigenvalue weighted by Gasteiger charge is 2.35. The van der Waals surface area contributed by atoms with E-state index in [-0.39, 0.29) is 5.41 Å². The Labute approximate surface area is 150 Å². The quantitative estimate of drug-likeness (QED) is 0.602. The van der Waals surface area contributed by atoms with Gasteiger partial charge in [-0.2, -0.15) is 5.10 Å². The van der Waals surface area contributed by atoms with E-state index in [4.69, 9.17) is 4.99 Å². The molecule has 1 saturated carbocycles. The lowest BCUT2D eigenvalue weighted by Gasteiger charge is -2.28. The molecule has 0 atom stereocenters. The maximum atomic E-state index is 4.93. The normalized spacial score (nSPS) is 16.8. The maximum absolute atomic E-state index is 4.93. The summed E-state index contributed by atoms with van der Waals surface area (Å²) in [4.78, 5) is 4.93. The van der Waals surface area contributed by atoms with Crippen molar-refractivity contribution in [3.8, 4) is 0 Å². The van der Waals surface area contributed by atoms with Gasteiger partial charge < -0.3 is 10.6 Å². The van der Waals surface area contributed by atoms with Gasteiger partial charge in [0.2, 0.25) is 0 Å². The Hall–Kier alpha value is -2.30. The number of nitrogens with zero attached hydrogens (tertiary/aromatic N) is 3. The highest BCUT2D eigenvalue weighted by Crippen LogP contribution is 2.41. The number of aliphatic imine (C=N–C) groups is 1. The first-order chi connectivity index (χ1) is 12.3. The molecule has 134 valence electrons. The van der Waals surface area contributed by atoms with E-state index in [1.54, 1.807) is 0 Å². The molecule has 2 N–H and O–H groups in total. The van der Waals surface area contributed by atoms with Crippen molar-refractivity contribution in [2.45, 2.75) is 44.6 Å². The van der Waals surface area contributed by atoms with E-state index >= 15 is 0 Å². The largest absolute Gasteiger partial charge is 0.357 e. The van der Waals surface area contributed by atoms with Gasteiger partial charge in [0.1, 0.15) is 0 Å². The number of benzene rings is 1. The molecule has 0 amide bonds. The smallest absolute Gasteiger partial charge is 0.191 e. The molecule has 0 bridgehead atoms. The third-order valence-electron chi connectivity index (χ3n) is 5.02. The highest BCUT2D eigenvalue weighted by molar-refractivity contribution is 5.79. The number of hydrogen-bond donors (Lipinski definition) is 2. The summed E-state index contributed by atoms with van der Waals surface area (Å²) >= 11 is 0. The molecule has 25 heavy (non-hydrogen) atoms. The van der Waals surface area contributed by atoms with Crippen LogP contribution in [0.1, 0.15) is 38.2 Å². The molecule has 1 heterocycles. The number of aromatic nitrogens is 2. The second-order valence-corrected chi connectivity index (χ2v) is 6.74. The maximum Gasteiger partial charge on any atom is 0.191 e. The average molecular weight is 339 g/mol. The highest BCUT2D eigenvalue weighted by atomic mass is 15.3. The van der Waals surface area contributed by atoms with Crippen LogP contribution in [0.3, 0.4) is 0 Å². The summed E-state index contributed by atoms with van der Waals surface area (Å²) in [7, 11) is 0. The average Bonchev–Trinajstić information content (AvgIpc) is 3.33. The monoisotopic (exact) mass is 339 g/mol. The summed E-state index contributed by atoms with van der Waals surface area (Å²) in [6.07, 6.45) is 8.85. The van der Waals surface area contributed by atoms with E-state index in [0.29, 0.717) is 0 Å². The summed E-state index contributed by atoms with van der Waals surface area (Å²) < 4.78 is 1.93. The predicted molar refractivity (Wildman–Crippen MR) is 103 cm³/mol. The van der Waals surface area contributed by atoms with Gasteiger partial charge in [-0.25, -0.2) is 0 Å². The molecule has 0 unspecified atom stereocenters. The molecule has 1 aromatic heterocycles. The second kappa shape index (κ2) is 8.70. The molecule has 1 aliphatic carbocycles. The molecule has 0 radical (unpaired) electrons. The lowest BCUT2D eigenvalue weighted by molar-refractivity contribution is 0.452. The van der Waals surface area contributed by atoms with E-state index in [9.17, 15) is 0 Å². The van der Waals surface area contributed by atoms with Crippen LogP contribution < -0.4 is 10.6 Å². The lowest BCUT2D eigenvalue weighted by Crippen LogP contribution is -2.40. The van der Waals surface area contributed by atoms with Crippen LogP contribution in [0.5, 0.6) is 0 Å². The van der Waals surface area contributed by atoms with Crippen molar-refractivity contribution in [2.24, 2.45) is 4.99 Å². The number of rotatable bonds is 7. The van der Waals surface area contributed by atoms with Gasteiger partial charge in [0, 0.05) is 30.9 Å². The van der Waals surface area contributed by atoms with Crippen LogP contribution in [-0.2, 0) is 12.0 Å². The van der Waals surface area contributed by atoms with Crippen LogP contribution in [0.25, 0.3) is 0 Å². The van der Waals surface area contributed by atoms with Gasteiger partial charge in [0.15, 0.2) is 5.96 Å². The van der Waals surface area contributed by atoms with Crippen LogP contribution in [0, 0.1) is 0 Å². The molecule has 5 nitrogen and oxygen atoms in total. The molecule has 1 fully saturated rings. The summed E-state index contributed by atoms with van der Waals surface area (Å²) in [5.41, 5.74) is 1.63. The fourth-order valence-electron chi connectivity index (χ4n) is 3.68. The standard InChI is InChI=1S/C20H29N5/c1-2-21-19(22-14-16-25-15-8-13-24-25)23-17-20(11-6-7-12-20)18-9-4-3-5-10-18/h3-5,8-10,13,15H,2,6-7,11-12,14,16-17H2,1H3,(H2,21,22,23). The van der Waals surface area contributed by atoms with Gasteiger partial charge in [0.25, 0.3) is 0 Å². The first kappa shape index (κ1) is 17.5. The molecule has 0 spiro atoms. The third-order valence-corrected chi connectivity index (χ3v) is 5.02. The summed E-state index contributed by atoms with van der Waals surface area (Å²) in [5, 5.41) is 11.0. The Morgan fingerprint density at radius 2 is 1.96 bits per heavy atom. The topological polar surface area (TPSA) is 54.2 Å². The van der Waals surface area contributed by atoms with Crippen LogP contribution in [-0.4, -0.2) is 35.4 Å². The Kier molecular flexibility index (Phi) is 6.09. The van der Waals surface area contributed by atoms with Crippen molar-refractivity contribution in [1.82, 2.24) is 20.4 Å². The molecule has 1 aromatic carbocycles. The van der Waals surface area contributed by atoms with Gasteiger partial charge in [-0.3, -0.25) is 9.67 Å². The second-order valence-electron chi connectivity index (χ2n) is 6.74. The van der Waals surface area contributed by atoms with E-state index in [0.717, 1.165) is 32.1 Å². The molecule has 0 aliphatic heterocycles. The molecular formula is C20H29N5. The van der Waals surface area contributed by atoms with Crippen molar-refractivity contribution >= 4 is 5.96 Å². The minimum absolute atomic E-state index is 0.200. The van der Waals surface area contributed by atoms with Crippen molar-refractivity contribution in [2.75, 3.05) is 19.6 Å². The Morgan fingerprint density at radius 1 is 1.16 bits per heavy atom. The zero-order valence-corrected chi connectivity index (χ0v) is 15.1. The van der Waals surface area contributed by atoms with Crippen molar-refractivity contribution in [3.63, 3.8) is 0 Å². The number of guanidine groups is 1. The third kappa shape index (κ3) is 4.62. The van der Waals surface area contributed by atoms with Crippen LogP contribution in [0.2, 0.25) is 0 Å². The van der Waals surface area contributed by atoms with Crippen molar-refractivity contribution < 1.29 is 0 Å². The van der Waals surface area contributed by atoms with E-state index < -0.39 is 0 Å². The zero-order valence-electron chi connectivity index (χ0n) is 15.1. The zero-order chi connectivity index (χ0) is 17.4. The van der Waals surface area contributed by atoms with Gasteiger partial charge in [0.05, 0.1) is 13.1 Å². The van der Waals surface area contributed by atoms with Gasteiger partial charge in [-0.1, -0.05) is 43.2 Å². The van der Waals surface area contributed by atoms with Crippen LogP contribution in [0.15, 0.2) is 53.8 Å². The summed E-state index contributed by atoms with van der Waals surface area (Å²) in [5.74, 6) is 0.900. The molecular weight excluding hydrogens is 310 g/mol.